The fourth-order valence-electron chi connectivity index (χ4n) is 2.23. The van der Waals surface area contributed by atoms with E-state index in [2.05, 4.69) is 60.3 Å². The monoisotopic (exact) mass is 277 g/mol. The van der Waals surface area contributed by atoms with Gasteiger partial charge in [0.15, 0.2) is 0 Å². The quantitative estimate of drug-likeness (QED) is 0.831. The van der Waals surface area contributed by atoms with Crippen molar-refractivity contribution in [3.8, 4) is 0 Å². The van der Waals surface area contributed by atoms with Crippen LogP contribution in [0.4, 0.5) is 0 Å². The van der Waals surface area contributed by atoms with Crippen LogP contribution in [-0.2, 0) is 13.1 Å². The lowest BCUT2D eigenvalue weighted by molar-refractivity contribution is 0.424. The summed E-state index contributed by atoms with van der Waals surface area (Å²) in [5.74, 6) is 0. The maximum atomic E-state index is 4.65. The minimum atomic E-state index is 0.536. The third-order valence-corrected chi connectivity index (χ3v) is 4.38. The molecular weight excluding hydrogens is 254 g/mol. The lowest BCUT2D eigenvalue weighted by Crippen LogP contribution is -2.13. The van der Waals surface area contributed by atoms with Gasteiger partial charge in [0.05, 0.1) is 11.7 Å². The third kappa shape index (κ3) is 3.91. The normalized spacial score (nSPS) is 11.4. The van der Waals surface area contributed by atoms with Crippen molar-refractivity contribution < 1.29 is 0 Å². The molecule has 0 amide bonds. The molecule has 19 heavy (non-hydrogen) atoms. The summed E-state index contributed by atoms with van der Waals surface area (Å²) in [6.07, 6.45) is 4.38. The first kappa shape index (κ1) is 14.3. The van der Waals surface area contributed by atoms with Crippen LogP contribution < -0.4 is 5.32 Å². The highest BCUT2D eigenvalue weighted by Crippen LogP contribution is 2.16. The Morgan fingerprint density at radius 1 is 1.21 bits per heavy atom. The predicted octanol–water partition coefficient (Wildman–Crippen LogP) is 3.90. The van der Waals surface area contributed by atoms with Gasteiger partial charge in [-0.05, 0) is 38.0 Å². The smallest absolute Gasteiger partial charge is 0.0762 e. The van der Waals surface area contributed by atoms with Gasteiger partial charge in [0.2, 0.25) is 0 Å². The molecule has 0 saturated carbocycles. The summed E-state index contributed by atoms with van der Waals surface area (Å²) in [6.45, 7) is 8.34. The van der Waals surface area contributed by atoms with E-state index in [0.29, 0.717) is 6.04 Å². The molecule has 0 bridgehead atoms. The molecule has 4 heteroatoms. The second kappa shape index (κ2) is 6.87. The van der Waals surface area contributed by atoms with Crippen LogP contribution in [0.15, 0.2) is 24.4 Å². The van der Waals surface area contributed by atoms with Crippen LogP contribution in [-0.4, -0.2) is 9.78 Å². The maximum Gasteiger partial charge on any atom is 0.0762 e. The number of rotatable bonds is 7. The van der Waals surface area contributed by atoms with Gasteiger partial charge in [0, 0.05) is 29.0 Å². The third-order valence-electron chi connectivity index (χ3n) is 3.38. The lowest BCUT2D eigenvalue weighted by Gasteiger charge is -2.12. The Labute approximate surface area is 119 Å². The number of nitrogens with one attached hydrogen (secondary N) is 1. The molecule has 2 rings (SSSR count). The van der Waals surface area contributed by atoms with Crippen LogP contribution >= 0.6 is 11.3 Å². The average Bonchev–Trinajstić information content (AvgIpc) is 3.01. The number of aryl methyl sites for hydroxylation is 1. The SMILES string of the molecule is CCC(CC)n1ccc(CNCc2ccc(C)s2)n1. The summed E-state index contributed by atoms with van der Waals surface area (Å²) in [6, 6.07) is 7.01. The van der Waals surface area contributed by atoms with Gasteiger partial charge in [-0.1, -0.05) is 13.8 Å². The second-order valence-electron chi connectivity index (χ2n) is 4.87. The van der Waals surface area contributed by atoms with Crippen molar-refractivity contribution in [2.45, 2.75) is 52.7 Å². The maximum absolute atomic E-state index is 4.65. The first-order valence-corrected chi connectivity index (χ1v) is 7.84. The summed E-state index contributed by atoms with van der Waals surface area (Å²) in [7, 11) is 0. The summed E-state index contributed by atoms with van der Waals surface area (Å²) >= 11 is 1.85. The van der Waals surface area contributed by atoms with Crippen molar-refractivity contribution >= 4 is 11.3 Å². The Kier molecular flexibility index (Phi) is 5.16. The Hall–Kier alpha value is -1.13. The van der Waals surface area contributed by atoms with E-state index in [-0.39, 0.29) is 0 Å². The molecule has 0 aliphatic carbocycles. The van der Waals surface area contributed by atoms with E-state index in [4.69, 9.17) is 0 Å². The van der Waals surface area contributed by atoms with Crippen LogP contribution in [0.3, 0.4) is 0 Å². The second-order valence-corrected chi connectivity index (χ2v) is 6.25. The van der Waals surface area contributed by atoms with Crippen LogP contribution in [0.1, 0.15) is 48.2 Å². The van der Waals surface area contributed by atoms with E-state index in [9.17, 15) is 0 Å². The van der Waals surface area contributed by atoms with E-state index < -0.39 is 0 Å². The molecule has 0 aromatic carbocycles. The van der Waals surface area contributed by atoms with E-state index in [1.807, 2.05) is 11.3 Å². The van der Waals surface area contributed by atoms with Gasteiger partial charge in [-0.25, -0.2) is 0 Å². The van der Waals surface area contributed by atoms with Gasteiger partial charge in [-0.15, -0.1) is 11.3 Å². The average molecular weight is 277 g/mol. The Balaban J connectivity index is 1.83. The molecule has 0 atom stereocenters. The summed E-state index contributed by atoms with van der Waals surface area (Å²) in [4.78, 5) is 2.76. The fraction of sp³-hybridized carbons (Fsp3) is 0.533. The minimum absolute atomic E-state index is 0.536. The van der Waals surface area contributed by atoms with E-state index >= 15 is 0 Å². The molecule has 2 heterocycles. The molecule has 104 valence electrons. The van der Waals surface area contributed by atoms with Crippen molar-refractivity contribution in [2.24, 2.45) is 0 Å². The van der Waals surface area contributed by atoms with Crippen molar-refractivity contribution in [3.63, 3.8) is 0 Å². The Morgan fingerprint density at radius 3 is 2.63 bits per heavy atom. The van der Waals surface area contributed by atoms with Crippen molar-refractivity contribution in [1.29, 1.82) is 0 Å². The van der Waals surface area contributed by atoms with Crippen LogP contribution in [0.2, 0.25) is 0 Å². The van der Waals surface area contributed by atoms with Gasteiger partial charge < -0.3 is 5.32 Å². The summed E-state index contributed by atoms with van der Waals surface area (Å²) < 4.78 is 2.10. The van der Waals surface area contributed by atoms with Gasteiger partial charge in [0.1, 0.15) is 0 Å². The van der Waals surface area contributed by atoms with Crippen LogP contribution in [0, 0.1) is 6.92 Å². The molecule has 0 aliphatic rings. The van der Waals surface area contributed by atoms with Crippen molar-refractivity contribution in [2.75, 3.05) is 0 Å². The van der Waals surface area contributed by atoms with Gasteiger partial charge >= 0.3 is 0 Å². The molecule has 0 saturated heterocycles. The number of thiophene rings is 1. The largest absolute Gasteiger partial charge is 0.306 e. The zero-order chi connectivity index (χ0) is 13.7. The topological polar surface area (TPSA) is 29.9 Å². The van der Waals surface area contributed by atoms with Gasteiger partial charge in [-0.2, -0.15) is 5.10 Å². The molecule has 0 aliphatic heterocycles. The molecule has 2 aromatic rings. The summed E-state index contributed by atoms with van der Waals surface area (Å²) in [5, 5.41) is 8.10. The van der Waals surface area contributed by atoms with E-state index in [1.165, 1.54) is 9.75 Å². The molecule has 0 radical (unpaired) electrons. The molecule has 2 aromatic heterocycles. The first-order chi connectivity index (χ1) is 9.22. The molecule has 0 unspecified atom stereocenters. The number of hydrogen-bond donors (Lipinski definition) is 1. The van der Waals surface area contributed by atoms with E-state index in [0.717, 1.165) is 31.6 Å². The fourth-order valence-corrected chi connectivity index (χ4v) is 3.09. The van der Waals surface area contributed by atoms with E-state index in [1.54, 1.807) is 0 Å². The predicted molar refractivity (Wildman–Crippen MR) is 81.4 cm³/mol. The van der Waals surface area contributed by atoms with Crippen LogP contribution in [0.25, 0.3) is 0 Å². The standard InChI is InChI=1S/C15H23N3S/c1-4-14(5-2)18-9-8-13(17-18)10-16-11-15-7-6-12(3)19-15/h6-9,14,16H,4-5,10-11H2,1-3H3. The highest BCUT2D eigenvalue weighted by atomic mass is 32.1. The zero-order valence-corrected chi connectivity index (χ0v) is 12.8. The molecule has 0 spiro atoms. The number of hydrogen-bond acceptors (Lipinski definition) is 3. The highest BCUT2D eigenvalue weighted by molar-refractivity contribution is 7.11. The molecule has 3 nitrogen and oxygen atoms in total. The summed E-state index contributed by atoms with van der Waals surface area (Å²) in [5.41, 5.74) is 1.13. The minimum Gasteiger partial charge on any atom is -0.306 e. The molecule has 1 N–H and O–H groups in total. The molecular formula is C15H23N3S. The van der Waals surface area contributed by atoms with Gasteiger partial charge in [0.25, 0.3) is 0 Å². The van der Waals surface area contributed by atoms with Crippen LogP contribution in [0.5, 0.6) is 0 Å². The Morgan fingerprint density at radius 2 is 2.00 bits per heavy atom. The first-order valence-electron chi connectivity index (χ1n) is 7.03. The Bertz CT molecular complexity index is 497. The molecule has 0 fully saturated rings. The number of nitrogens with zero attached hydrogens (tertiary/aromatic N) is 2. The zero-order valence-electron chi connectivity index (χ0n) is 12.0. The lowest BCUT2D eigenvalue weighted by atomic mass is 10.2. The number of aromatic nitrogens is 2. The van der Waals surface area contributed by atoms with Gasteiger partial charge in [-0.3, -0.25) is 4.68 Å². The highest BCUT2D eigenvalue weighted by Gasteiger charge is 2.07. The van der Waals surface area contributed by atoms with Crippen molar-refractivity contribution in [1.82, 2.24) is 15.1 Å². The van der Waals surface area contributed by atoms with Crippen molar-refractivity contribution in [3.05, 3.63) is 39.8 Å².